The number of aromatic carboxylic acids is 2. The van der Waals surface area contributed by atoms with E-state index in [1.165, 1.54) is 46.5 Å². The number of aliphatic imine (C=N–C) groups is 2. The van der Waals surface area contributed by atoms with Gasteiger partial charge in [-0.25, -0.2) is 0 Å². The molecule has 0 aliphatic rings. The monoisotopic (exact) mass is 816 g/mol. The molecule has 0 aliphatic heterocycles. The zero-order valence-electron chi connectivity index (χ0n) is 31.4. The van der Waals surface area contributed by atoms with Gasteiger partial charge < -0.3 is 40.2 Å². The second kappa shape index (κ2) is 22.8. The summed E-state index contributed by atoms with van der Waals surface area (Å²) < 4.78 is 0. The van der Waals surface area contributed by atoms with Gasteiger partial charge in [-0.1, -0.05) is 64.3 Å². The summed E-state index contributed by atoms with van der Waals surface area (Å²) in [6, 6.07) is 18.3. The summed E-state index contributed by atoms with van der Waals surface area (Å²) in [4.78, 5) is 30.9. The molecule has 53 heavy (non-hydrogen) atoms. The van der Waals surface area contributed by atoms with Crippen LogP contribution in [0.15, 0.2) is 70.6 Å². The maximum atomic E-state index is 10.7. The molecule has 0 saturated carbocycles. The molecule has 0 atom stereocenters. The van der Waals surface area contributed by atoms with Gasteiger partial charge in [-0.15, -0.1) is 0 Å². The number of carboxylic acids is 2. The van der Waals surface area contributed by atoms with Gasteiger partial charge in [-0.05, 0) is 123 Å². The maximum absolute atomic E-state index is 10.7. The first kappa shape index (κ1) is 46.0. The Labute approximate surface area is 326 Å². The van der Waals surface area contributed by atoms with Crippen molar-refractivity contribution < 1.29 is 60.7 Å². The molecule has 4 aromatic rings. The van der Waals surface area contributed by atoms with Gasteiger partial charge in [0.15, 0.2) is 23.0 Å². The number of nitrogens with zero attached hydrogens (tertiary/aromatic N) is 2. The first-order valence-corrected chi connectivity index (χ1v) is 17.4. The molecule has 0 saturated heterocycles. The average molecular weight is 817 g/mol. The molecule has 0 fully saturated rings. The van der Waals surface area contributed by atoms with Crippen molar-refractivity contribution in [2.45, 2.75) is 93.4 Å². The summed E-state index contributed by atoms with van der Waals surface area (Å²) in [6.45, 7) is 14.4. The van der Waals surface area contributed by atoms with E-state index < -0.39 is 34.9 Å². The summed E-state index contributed by atoms with van der Waals surface area (Å²) >= 11 is 0. The third-order valence-electron chi connectivity index (χ3n) is 7.77. The van der Waals surface area contributed by atoms with E-state index in [9.17, 15) is 30.0 Å². The third-order valence-corrected chi connectivity index (χ3v) is 7.77. The zero-order valence-corrected chi connectivity index (χ0v) is 33.0. The number of hydrogen-bond donors (Lipinski definition) is 4. The number of benzene rings is 4. The number of carbonyl (C=O) groups is 2. The number of carboxylic acid groups (broad SMARTS) is 2. The van der Waals surface area contributed by atoms with Crippen LogP contribution in [0.5, 0.6) is 23.0 Å². The molecule has 10 nitrogen and oxygen atoms in total. The predicted octanol–water partition coefficient (Wildman–Crippen LogP) is 7.41. The Bertz CT molecular complexity index is 1790. The van der Waals surface area contributed by atoms with Crippen LogP contribution in [0.4, 0.5) is 11.4 Å². The molecule has 0 amide bonds. The summed E-state index contributed by atoms with van der Waals surface area (Å²) in [7, 11) is 0. The first-order chi connectivity index (χ1) is 24.6. The molecule has 4 N–H and O–H groups in total. The quantitative estimate of drug-likeness (QED) is 0.0647. The molecule has 0 unspecified atom stereocenters. The number of rotatable bonds is 12. The summed E-state index contributed by atoms with van der Waals surface area (Å²) in [5.74, 6) is -5.05. The normalized spacial score (nSPS) is 10.8. The van der Waals surface area contributed by atoms with Gasteiger partial charge in [0, 0.05) is 17.3 Å². The van der Waals surface area contributed by atoms with E-state index in [4.69, 9.17) is 15.2 Å². The standard InChI is InChI=1S/C22H28N2.2C10H12O4.Pd/c1-6-7-8-20(24-22-13-18(4)10-19(5)14-22)15-23-21-11-16(2)9-17(3)12-21;2*1-2-3-6-4-5-7(11)9(12)8(6)10(13)14;/h9-15H,6-8H2,1-5H3;2*4-5,11-12H,2-3H2,1H3,(H,13,14);/q;;;+2/p-2. The number of carbonyl (C=O) groups excluding carboxylic acids is 2. The van der Waals surface area contributed by atoms with Crippen molar-refractivity contribution >= 4 is 35.2 Å². The molecule has 4 rings (SSSR count). The summed E-state index contributed by atoms with van der Waals surface area (Å²) in [5.41, 5.74) is 8.35. The Morgan fingerprint density at radius 1 is 0.623 bits per heavy atom. The summed E-state index contributed by atoms with van der Waals surface area (Å²) in [5, 5.41) is 58.2. The number of hydrogen-bond acceptors (Lipinski definition) is 10. The Morgan fingerprint density at radius 3 is 1.38 bits per heavy atom. The maximum Gasteiger partial charge on any atom is 2.00 e. The van der Waals surface area contributed by atoms with Gasteiger partial charge in [-0.3, -0.25) is 9.98 Å². The van der Waals surface area contributed by atoms with Gasteiger partial charge in [0.05, 0.1) is 29.0 Å². The van der Waals surface area contributed by atoms with Gasteiger partial charge in [0.1, 0.15) is 0 Å². The van der Waals surface area contributed by atoms with Gasteiger partial charge in [-0.2, -0.15) is 0 Å². The predicted molar refractivity (Wildman–Crippen MR) is 203 cm³/mol. The number of aryl methyl sites for hydroxylation is 6. The van der Waals surface area contributed by atoms with Crippen LogP contribution in [-0.4, -0.2) is 44.3 Å². The molecule has 11 heteroatoms. The van der Waals surface area contributed by atoms with Gasteiger partial charge >= 0.3 is 20.4 Å². The van der Waals surface area contributed by atoms with E-state index in [1.807, 2.05) is 20.1 Å². The molecule has 0 radical (unpaired) electrons. The smallest absolute Gasteiger partial charge is 0.545 e. The van der Waals surface area contributed by atoms with E-state index in [-0.39, 0.29) is 31.5 Å². The Morgan fingerprint density at radius 2 is 1.02 bits per heavy atom. The number of unbranched alkanes of at least 4 members (excludes halogenated alkanes) is 1. The topological polar surface area (TPSA) is 186 Å². The molecule has 0 aromatic heterocycles. The van der Waals surface area contributed by atoms with Crippen molar-refractivity contribution in [3.05, 3.63) is 105 Å². The largest absolute Gasteiger partial charge is 2.00 e. The minimum absolute atomic E-state index is 0. The van der Waals surface area contributed by atoms with E-state index in [0.29, 0.717) is 24.0 Å². The molecule has 0 bridgehead atoms. The second-order valence-corrected chi connectivity index (χ2v) is 12.7. The van der Waals surface area contributed by atoms with Gasteiger partial charge in [0.25, 0.3) is 0 Å². The fourth-order valence-electron chi connectivity index (χ4n) is 5.52. The molecule has 0 spiro atoms. The van der Waals surface area contributed by atoms with Crippen molar-refractivity contribution in [1.29, 1.82) is 0 Å². The number of phenols is 4. The molecule has 0 heterocycles. The molecule has 0 aliphatic carbocycles. The van der Waals surface area contributed by atoms with Gasteiger partial charge in [0.2, 0.25) is 0 Å². The Hall–Kier alpha value is -4.98. The van der Waals surface area contributed by atoms with E-state index in [1.54, 1.807) is 0 Å². The summed E-state index contributed by atoms with van der Waals surface area (Å²) in [6.07, 6.45) is 7.73. The molecular weight excluding hydrogens is 767 g/mol. The van der Waals surface area contributed by atoms with Crippen LogP contribution in [0.25, 0.3) is 0 Å². The van der Waals surface area contributed by atoms with E-state index >= 15 is 0 Å². The Kier molecular flexibility index (Phi) is 19.8. The minimum Gasteiger partial charge on any atom is -0.545 e. The fraction of sp³-hybridized carbons (Fsp3) is 0.333. The number of phenolic OH excluding ortho intramolecular Hbond substituents is 2. The van der Waals surface area contributed by atoms with Crippen molar-refractivity contribution in [3.63, 3.8) is 0 Å². The molecule has 286 valence electrons. The van der Waals surface area contributed by atoms with Crippen molar-refractivity contribution in [3.8, 4) is 23.0 Å². The second-order valence-electron chi connectivity index (χ2n) is 12.7. The van der Waals surface area contributed by atoms with Crippen LogP contribution in [0, 0.1) is 27.7 Å². The molecular formula is C42H50N2O8Pd. The van der Waals surface area contributed by atoms with Crippen molar-refractivity contribution in [1.82, 2.24) is 0 Å². The van der Waals surface area contributed by atoms with Crippen LogP contribution in [0.1, 0.15) is 107 Å². The van der Waals surface area contributed by atoms with Crippen LogP contribution < -0.4 is 10.2 Å². The fourth-order valence-corrected chi connectivity index (χ4v) is 5.52. The minimum atomic E-state index is -1.47. The Balaban J connectivity index is 0.000000419. The van der Waals surface area contributed by atoms with Crippen LogP contribution >= 0.6 is 0 Å². The van der Waals surface area contributed by atoms with Crippen LogP contribution in [0.2, 0.25) is 0 Å². The van der Waals surface area contributed by atoms with Crippen LogP contribution in [0.3, 0.4) is 0 Å². The van der Waals surface area contributed by atoms with Crippen molar-refractivity contribution in [2.75, 3.05) is 0 Å². The van der Waals surface area contributed by atoms with E-state index in [0.717, 1.165) is 49.2 Å². The first-order valence-electron chi connectivity index (χ1n) is 17.4. The molecule has 4 aromatic carbocycles. The SMILES string of the molecule is CCCCC(C=Nc1cc(C)cc(C)c1)=Nc1cc(C)cc(C)c1.CCCc1ccc(O)c(O)c1C(=O)[O-].CCCc1ccc(O)c(O)c1C(=O)[O-].[Pd+2]. The zero-order chi connectivity index (χ0) is 39.0. The average Bonchev–Trinajstić information content (AvgIpc) is 3.05. The van der Waals surface area contributed by atoms with Crippen LogP contribution in [-0.2, 0) is 33.3 Å². The number of aromatic hydroxyl groups is 4. The van der Waals surface area contributed by atoms with E-state index in [2.05, 4.69) is 76.0 Å². The third kappa shape index (κ3) is 14.9. The van der Waals surface area contributed by atoms with Crippen molar-refractivity contribution in [2.24, 2.45) is 9.98 Å².